The number of piperidine rings is 1. The van der Waals surface area contributed by atoms with Gasteiger partial charge in [-0.15, -0.1) is 0 Å². The van der Waals surface area contributed by atoms with Crippen molar-refractivity contribution in [1.29, 1.82) is 0 Å². The van der Waals surface area contributed by atoms with E-state index in [9.17, 15) is 4.79 Å². The molecule has 4 atom stereocenters. The highest BCUT2D eigenvalue weighted by atomic mass is 16.5. The molecule has 3 heteroatoms. The summed E-state index contributed by atoms with van der Waals surface area (Å²) in [7, 11) is 3.68. The Morgan fingerprint density at radius 3 is 2.74 bits per heavy atom. The van der Waals surface area contributed by atoms with E-state index in [2.05, 4.69) is 54.4 Å². The van der Waals surface area contributed by atoms with Crippen molar-refractivity contribution in [2.75, 3.05) is 14.2 Å². The van der Waals surface area contributed by atoms with Crippen LogP contribution in [0.1, 0.15) is 30.7 Å². The van der Waals surface area contributed by atoms with Gasteiger partial charge in [-0.25, -0.2) is 0 Å². The van der Waals surface area contributed by atoms with Gasteiger partial charge >= 0.3 is 5.97 Å². The van der Waals surface area contributed by atoms with Crippen LogP contribution in [0.2, 0.25) is 0 Å². The normalized spacial score (nSPS) is 30.5. The van der Waals surface area contributed by atoms with Gasteiger partial charge < -0.3 is 4.74 Å². The topological polar surface area (TPSA) is 29.5 Å². The van der Waals surface area contributed by atoms with Crippen molar-refractivity contribution >= 4 is 16.7 Å². The summed E-state index contributed by atoms with van der Waals surface area (Å²) in [5.74, 6) is 0.136. The van der Waals surface area contributed by atoms with Crippen LogP contribution in [0.3, 0.4) is 0 Å². The van der Waals surface area contributed by atoms with Crippen molar-refractivity contribution in [3.8, 4) is 0 Å². The van der Waals surface area contributed by atoms with Gasteiger partial charge in [-0.3, -0.25) is 9.69 Å². The lowest BCUT2D eigenvalue weighted by molar-refractivity contribution is -0.150. The molecular formula is C20H23NO2. The van der Waals surface area contributed by atoms with E-state index in [1.807, 2.05) is 0 Å². The molecule has 2 saturated heterocycles. The van der Waals surface area contributed by atoms with Crippen molar-refractivity contribution in [1.82, 2.24) is 4.90 Å². The molecule has 2 bridgehead atoms. The van der Waals surface area contributed by atoms with Gasteiger partial charge in [0, 0.05) is 18.0 Å². The van der Waals surface area contributed by atoms with E-state index < -0.39 is 0 Å². The molecule has 0 saturated carbocycles. The fraction of sp³-hybridized carbons (Fsp3) is 0.450. The number of benzene rings is 2. The average molecular weight is 309 g/mol. The Morgan fingerprint density at radius 1 is 1.13 bits per heavy atom. The minimum absolute atomic E-state index is 0.0554. The number of esters is 1. The Balaban J connectivity index is 1.83. The Morgan fingerprint density at radius 2 is 1.91 bits per heavy atom. The maximum atomic E-state index is 12.6. The fourth-order valence-electron chi connectivity index (χ4n) is 4.82. The van der Waals surface area contributed by atoms with E-state index >= 15 is 0 Å². The SMILES string of the molecule is COC(=O)[C@@H]1[C@@H](c2cccc3ccccc23)CC2CC[C@H]1N2C. The molecule has 0 N–H and O–H groups in total. The first-order valence-electron chi connectivity index (χ1n) is 8.48. The molecule has 2 aromatic carbocycles. The molecule has 4 rings (SSSR count). The predicted molar refractivity (Wildman–Crippen MR) is 91.4 cm³/mol. The number of ether oxygens (including phenoxy) is 1. The number of fused-ring (bicyclic) bond motifs is 3. The monoisotopic (exact) mass is 309 g/mol. The van der Waals surface area contributed by atoms with Gasteiger partial charge in [0.15, 0.2) is 0 Å². The third kappa shape index (κ3) is 2.26. The van der Waals surface area contributed by atoms with E-state index in [0.29, 0.717) is 12.1 Å². The van der Waals surface area contributed by atoms with Crippen LogP contribution in [0.4, 0.5) is 0 Å². The Bertz CT molecular complexity index is 736. The van der Waals surface area contributed by atoms with Gasteiger partial charge in [0.25, 0.3) is 0 Å². The quantitative estimate of drug-likeness (QED) is 0.794. The first-order valence-corrected chi connectivity index (χ1v) is 8.48. The van der Waals surface area contributed by atoms with Gasteiger partial charge in [-0.1, -0.05) is 42.5 Å². The van der Waals surface area contributed by atoms with Gasteiger partial charge in [-0.05, 0) is 42.6 Å². The Labute approximate surface area is 137 Å². The molecule has 1 unspecified atom stereocenters. The number of hydrogen-bond acceptors (Lipinski definition) is 3. The molecule has 3 nitrogen and oxygen atoms in total. The smallest absolute Gasteiger partial charge is 0.310 e. The van der Waals surface area contributed by atoms with Crippen molar-refractivity contribution < 1.29 is 9.53 Å². The van der Waals surface area contributed by atoms with Gasteiger partial charge in [0.1, 0.15) is 0 Å². The second-order valence-electron chi connectivity index (χ2n) is 6.92. The van der Waals surface area contributed by atoms with Crippen LogP contribution in [-0.4, -0.2) is 37.1 Å². The summed E-state index contributed by atoms with van der Waals surface area (Å²) in [6.07, 6.45) is 3.33. The highest BCUT2D eigenvalue weighted by Crippen LogP contribution is 2.47. The Kier molecular flexibility index (Phi) is 3.61. The standard InChI is InChI=1S/C20H23NO2/c1-21-14-10-11-18(21)19(20(22)23-2)17(12-14)16-9-5-7-13-6-3-4-8-15(13)16/h3-9,14,17-19H,10-12H2,1-2H3/t14?,17-,18-,19-/m1/s1. The van der Waals surface area contributed by atoms with Crippen molar-refractivity contribution in [2.24, 2.45) is 5.92 Å². The summed E-state index contributed by atoms with van der Waals surface area (Å²) in [5, 5.41) is 2.53. The molecule has 2 aliphatic rings. The zero-order valence-electron chi connectivity index (χ0n) is 13.7. The summed E-state index contributed by atoms with van der Waals surface area (Å²) in [5.41, 5.74) is 1.31. The molecule has 0 aliphatic carbocycles. The number of carbonyl (C=O) groups excluding carboxylic acids is 1. The Hall–Kier alpha value is -1.87. The number of rotatable bonds is 2. The third-order valence-electron chi connectivity index (χ3n) is 5.96. The molecule has 2 heterocycles. The maximum Gasteiger partial charge on any atom is 0.310 e. The maximum absolute atomic E-state index is 12.6. The highest BCUT2D eigenvalue weighted by molar-refractivity contribution is 5.87. The summed E-state index contributed by atoms with van der Waals surface area (Å²) in [6, 6.07) is 15.9. The lowest BCUT2D eigenvalue weighted by Crippen LogP contribution is -2.49. The molecule has 0 aromatic heterocycles. The van der Waals surface area contributed by atoms with Crippen LogP contribution in [-0.2, 0) is 9.53 Å². The largest absolute Gasteiger partial charge is 0.469 e. The van der Waals surface area contributed by atoms with Crippen molar-refractivity contribution in [3.63, 3.8) is 0 Å². The minimum Gasteiger partial charge on any atom is -0.469 e. The number of methoxy groups -OCH3 is 1. The molecular weight excluding hydrogens is 286 g/mol. The number of carbonyl (C=O) groups is 1. The van der Waals surface area contributed by atoms with Crippen LogP contribution in [0, 0.1) is 5.92 Å². The second kappa shape index (κ2) is 5.64. The van der Waals surface area contributed by atoms with Crippen LogP contribution < -0.4 is 0 Å². The lowest BCUT2D eigenvalue weighted by atomic mass is 9.75. The van der Waals surface area contributed by atoms with Crippen LogP contribution in [0.15, 0.2) is 42.5 Å². The van der Waals surface area contributed by atoms with Crippen LogP contribution in [0.5, 0.6) is 0 Å². The molecule has 23 heavy (non-hydrogen) atoms. The molecule has 2 aliphatic heterocycles. The molecule has 0 spiro atoms. The first kappa shape index (κ1) is 14.7. The van der Waals surface area contributed by atoms with Crippen LogP contribution >= 0.6 is 0 Å². The zero-order valence-corrected chi connectivity index (χ0v) is 13.7. The van der Waals surface area contributed by atoms with Gasteiger partial charge in [0.05, 0.1) is 13.0 Å². The first-order chi connectivity index (χ1) is 11.2. The van der Waals surface area contributed by atoms with E-state index in [-0.39, 0.29) is 17.8 Å². The number of hydrogen-bond donors (Lipinski definition) is 0. The summed E-state index contributed by atoms with van der Waals surface area (Å²) in [6.45, 7) is 0. The third-order valence-corrected chi connectivity index (χ3v) is 5.96. The summed E-state index contributed by atoms with van der Waals surface area (Å²) < 4.78 is 5.19. The fourth-order valence-corrected chi connectivity index (χ4v) is 4.82. The summed E-state index contributed by atoms with van der Waals surface area (Å²) >= 11 is 0. The highest BCUT2D eigenvalue weighted by Gasteiger charge is 2.49. The van der Waals surface area contributed by atoms with E-state index in [0.717, 1.165) is 12.8 Å². The average Bonchev–Trinajstić information content (AvgIpc) is 2.83. The molecule has 0 radical (unpaired) electrons. The molecule has 2 fully saturated rings. The second-order valence-corrected chi connectivity index (χ2v) is 6.92. The van der Waals surface area contributed by atoms with Gasteiger partial charge in [-0.2, -0.15) is 0 Å². The van der Waals surface area contributed by atoms with Crippen LogP contribution in [0.25, 0.3) is 10.8 Å². The van der Waals surface area contributed by atoms with Gasteiger partial charge in [0.2, 0.25) is 0 Å². The van der Waals surface area contributed by atoms with E-state index in [1.54, 1.807) is 0 Å². The minimum atomic E-state index is -0.0606. The summed E-state index contributed by atoms with van der Waals surface area (Å²) in [4.78, 5) is 15.0. The zero-order chi connectivity index (χ0) is 16.0. The van der Waals surface area contributed by atoms with Crippen molar-refractivity contribution in [2.45, 2.75) is 37.3 Å². The lowest BCUT2D eigenvalue weighted by Gasteiger charge is -2.42. The predicted octanol–water partition coefficient (Wildman–Crippen LogP) is 3.58. The molecule has 120 valence electrons. The van der Waals surface area contributed by atoms with E-state index in [1.165, 1.54) is 29.9 Å². The van der Waals surface area contributed by atoms with E-state index in [4.69, 9.17) is 4.74 Å². The molecule has 2 aromatic rings. The number of nitrogens with zero attached hydrogens (tertiary/aromatic N) is 1. The van der Waals surface area contributed by atoms with Crippen molar-refractivity contribution in [3.05, 3.63) is 48.0 Å². The molecule has 0 amide bonds.